The zero-order valence-corrected chi connectivity index (χ0v) is 17.2. The molecule has 1 atom stereocenters. The highest BCUT2D eigenvalue weighted by atomic mass is 19.3. The van der Waals surface area contributed by atoms with Crippen LogP contribution in [0.15, 0.2) is 36.7 Å². The molecule has 0 bridgehead atoms. The highest BCUT2D eigenvalue weighted by Crippen LogP contribution is 2.51. The number of halogens is 2. The number of nitrogens with one attached hydrogen (secondary N) is 2. The molecule has 6 nitrogen and oxygen atoms in total. The zero-order chi connectivity index (χ0) is 21.0. The highest BCUT2D eigenvalue weighted by Gasteiger charge is 2.52. The molecule has 162 valence electrons. The monoisotopic (exact) mass is 425 g/mol. The van der Waals surface area contributed by atoms with Crippen LogP contribution >= 0.6 is 0 Å². The molecule has 3 fully saturated rings. The molecule has 3 aromatic heterocycles. The molecule has 3 aromatic rings. The van der Waals surface area contributed by atoms with Crippen molar-refractivity contribution >= 4 is 11.5 Å². The highest BCUT2D eigenvalue weighted by molar-refractivity contribution is 5.64. The first-order valence-corrected chi connectivity index (χ1v) is 11.0. The molecule has 1 aliphatic heterocycles. The smallest absolute Gasteiger partial charge is 0.272 e. The molecule has 2 aliphatic carbocycles. The van der Waals surface area contributed by atoms with Crippen LogP contribution in [0.1, 0.15) is 37.2 Å². The minimum atomic E-state index is -2.50. The Balaban J connectivity index is 1.32. The Morgan fingerprint density at radius 1 is 1.29 bits per heavy atom. The van der Waals surface area contributed by atoms with E-state index in [1.807, 2.05) is 28.8 Å². The molecular formula is C23H25F2N5O. The van der Waals surface area contributed by atoms with Gasteiger partial charge in [0.05, 0.1) is 17.6 Å². The predicted molar refractivity (Wildman–Crippen MR) is 114 cm³/mol. The molecule has 6 rings (SSSR count). The van der Waals surface area contributed by atoms with Crippen LogP contribution in [-0.4, -0.2) is 46.5 Å². The number of hydrogen-bond acceptors (Lipinski definition) is 5. The Morgan fingerprint density at radius 2 is 2.16 bits per heavy atom. The van der Waals surface area contributed by atoms with E-state index in [0.29, 0.717) is 28.8 Å². The van der Waals surface area contributed by atoms with E-state index in [1.54, 1.807) is 12.3 Å². The van der Waals surface area contributed by atoms with Gasteiger partial charge < -0.3 is 15.4 Å². The van der Waals surface area contributed by atoms with Gasteiger partial charge in [-0.1, -0.05) is 6.07 Å². The minimum absolute atomic E-state index is 0.359. The van der Waals surface area contributed by atoms with Crippen molar-refractivity contribution in [3.8, 4) is 17.1 Å². The van der Waals surface area contributed by atoms with Crippen molar-refractivity contribution in [3.05, 3.63) is 42.2 Å². The van der Waals surface area contributed by atoms with Gasteiger partial charge in [-0.15, -0.1) is 0 Å². The second kappa shape index (κ2) is 7.15. The van der Waals surface area contributed by atoms with Gasteiger partial charge in [-0.3, -0.25) is 4.40 Å². The maximum atomic E-state index is 12.7. The third-order valence-corrected chi connectivity index (χ3v) is 6.81. The number of anilines is 1. The lowest BCUT2D eigenvalue weighted by atomic mass is 10.0. The van der Waals surface area contributed by atoms with Crippen molar-refractivity contribution in [3.63, 3.8) is 0 Å². The Labute approximate surface area is 179 Å². The number of nitrogens with zero attached hydrogens (tertiary/aromatic N) is 3. The molecule has 3 aliphatic rings. The molecule has 1 saturated heterocycles. The largest absolute Gasteiger partial charge is 0.487 e. The number of alkyl halides is 2. The lowest BCUT2D eigenvalue weighted by Gasteiger charge is -2.19. The van der Waals surface area contributed by atoms with E-state index >= 15 is 0 Å². The molecule has 2 saturated carbocycles. The van der Waals surface area contributed by atoms with Gasteiger partial charge in [0.25, 0.3) is 6.43 Å². The molecule has 0 aromatic carbocycles. The van der Waals surface area contributed by atoms with Crippen LogP contribution < -0.4 is 15.4 Å². The first-order valence-electron chi connectivity index (χ1n) is 11.0. The summed E-state index contributed by atoms with van der Waals surface area (Å²) in [6, 6.07) is 8.17. The molecule has 31 heavy (non-hydrogen) atoms. The molecule has 0 amide bonds. The standard InChI is InChI=1S/C23H25F2N5O/c24-20(25)12-31-18-8-22-27-9-17(30(22)11-15(18)14-4-5-14)16-2-1-3-21(28-16)29-19-10-26-13-23(19)6-7-23/h1-3,8-9,11,14,19-20,26H,4-7,10,12-13H2,(H,28,29). The number of hydrogen-bond donors (Lipinski definition) is 2. The summed E-state index contributed by atoms with van der Waals surface area (Å²) in [6.45, 7) is 1.45. The molecule has 8 heteroatoms. The number of fused-ring (bicyclic) bond motifs is 1. The van der Waals surface area contributed by atoms with Crippen LogP contribution in [0, 0.1) is 5.41 Å². The van der Waals surface area contributed by atoms with Crippen LogP contribution in [-0.2, 0) is 0 Å². The third-order valence-electron chi connectivity index (χ3n) is 6.81. The fourth-order valence-electron chi connectivity index (χ4n) is 4.72. The van der Waals surface area contributed by atoms with E-state index in [9.17, 15) is 8.78 Å². The van der Waals surface area contributed by atoms with Gasteiger partial charge in [0, 0.05) is 42.4 Å². The van der Waals surface area contributed by atoms with Crippen molar-refractivity contribution in [2.24, 2.45) is 5.41 Å². The van der Waals surface area contributed by atoms with Crippen LogP contribution in [0.5, 0.6) is 5.75 Å². The van der Waals surface area contributed by atoms with Crippen molar-refractivity contribution in [1.29, 1.82) is 0 Å². The maximum Gasteiger partial charge on any atom is 0.272 e. The number of aromatic nitrogens is 3. The van der Waals surface area contributed by atoms with Crippen LogP contribution in [0.25, 0.3) is 17.0 Å². The summed E-state index contributed by atoms with van der Waals surface area (Å²) >= 11 is 0. The summed E-state index contributed by atoms with van der Waals surface area (Å²) in [6.07, 6.45) is 5.91. The molecule has 0 radical (unpaired) electrons. The average Bonchev–Trinajstić information content (AvgIpc) is 3.67. The van der Waals surface area contributed by atoms with Gasteiger partial charge in [-0.2, -0.15) is 0 Å². The quantitative estimate of drug-likeness (QED) is 0.597. The Hall–Kier alpha value is -2.74. The van der Waals surface area contributed by atoms with Gasteiger partial charge in [0.15, 0.2) is 0 Å². The summed E-state index contributed by atoms with van der Waals surface area (Å²) in [5.74, 6) is 1.74. The summed E-state index contributed by atoms with van der Waals surface area (Å²) in [4.78, 5) is 9.36. The van der Waals surface area contributed by atoms with Crippen molar-refractivity contribution < 1.29 is 13.5 Å². The second-order valence-corrected chi connectivity index (χ2v) is 9.04. The van der Waals surface area contributed by atoms with E-state index in [-0.39, 0.29) is 0 Å². The molecule has 1 spiro atoms. The summed E-state index contributed by atoms with van der Waals surface area (Å²) in [7, 11) is 0. The van der Waals surface area contributed by atoms with Crippen LogP contribution in [0.2, 0.25) is 0 Å². The van der Waals surface area contributed by atoms with E-state index in [1.165, 1.54) is 12.8 Å². The Bertz CT molecular complexity index is 1120. The molecule has 2 N–H and O–H groups in total. The normalized spacial score (nSPS) is 21.8. The first kappa shape index (κ1) is 19.0. The number of rotatable bonds is 7. The van der Waals surface area contributed by atoms with Gasteiger partial charge in [0.2, 0.25) is 0 Å². The van der Waals surface area contributed by atoms with Crippen molar-refractivity contribution in [2.45, 2.75) is 44.1 Å². The van der Waals surface area contributed by atoms with Gasteiger partial charge in [-0.05, 0) is 43.7 Å². The first-order chi connectivity index (χ1) is 15.1. The summed E-state index contributed by atoms with van der Waals surface area (Å²) in [5, 5.41) is 7.12. The lowest BCUT2D eigenvalue weighted by molar-refractivity contribution is 0.0814. The van der Waals surface area contributed by atoms with Crippen LogP contribution in [0.3, 0.4) is 0 Å². The SMILES string of the molecule is FC(F)COc1cc2ncc(-c3cccc(NC4CNCC45CC5)n3)n2cc1C1CC1. The predicted octanol–water partition coefficient (Wildman–Crippen LogP) is 4.08. The summed E-state index contributed by atoms with van der Waals surface area (Å²) in [5.41, 5.74) is 3.74. The van der Waals surface area contributed by atoms with Crippen molar-refractivity contribution in [1.82, 2.24) is 19.7 Å². The molecule has 1 unspecified atom stereocenters. The van der Waals surface area contributed by atoms with E-state index in [2.05, 4.69) is 15.6 Å². The lowest BCUT2D eigenvalue weighted by Crippen LogP contribution is -2.29. The molecular weight excluding hydrogens is 400 g/mol. The number of ether oxygens (including phenoxy) is 1. The minimum Gasteiger partial charge on any atom is -0.487 e. The van der Waals surface area contributed by atoms with Gasteiger partial charge >= 0.3 is 0 Å². The van der Waals surface area contributed by atoms with Crippen molar-refractivity contribution in [2.75, 3.05) is 25.0 Å². The van der Waals surface area contributed by atoms with E-state index < -0.39 is 13.0 Å². The zero-order valence-electron chi connectivity index (χ0n) is 17.2. The fraction of sp³-hybridized carbons (Fsp3) is 0.478. The fourth-order valence-corrected chi connectivity index (χ4v) is 4.72. The third kappa shape index (κ3) is 3.52. The summed E-state index contributed by atoms with van der Waals surface area (Å²) < 4.78 is 32.8. The van der Waals surface area contributed by atoms with E-state index in [0.717, 1.165) is 48.7 Å². The number of pyridine rings is 2. The van der Waals surface area contributed by atoms with Gasteiger partial charge in [-0.25, -0.2) is 18.7 Å². The maximum absolute atomic E-state index is 12.7. The van der Waals surface area contributed by atoms with Gasteiger partial charge in [0.1, 0.15) is 23.8 Å². The van der Waals surface area contributed by atoms with Crippen LogP contribution in [0.4, 0.5) is 14.6 Å². The Morgan fingerprint density at radius 3 is 2.94 bits per heavy atom. The van der Waals surface area contributed by atoms with E-state index in [4.69, 9.17) is 9.72 Å². The topological polar surface area (TPSA) is 63.5 Å². The molecule has 4 heterocycles. The average molecular weight is 425 g/mol. The second-order valence-electron chi connectivity index (χ2n) is 9.04. The Kier molecular flexibility index (Phi) is 4.38. The number of imidazole rings is 1.